The SMILES string of the molecule is CC(C)C1=C2C3CCC4[C@@]5(C)CC[C@H](O)C(C)(C)C5CC[C@@]4(C)[C@]3(C)CC[C@@]2(C(=O)Nc2ccccn2)CC1=O. The largest absolute Gasteiger partial charge is 0.393 e. The molecule has 218 valence electrons. The first kappa shape index (κ1) is 28.1. The van der Waals surface area contributed by atoms with Crippen LogP contribution >= 0.6 is 0 Å². The second-order valence-corrected chi connectivity index (χ2v) is 15.8. The Morgan fingerprint density at radius 1 is 0.950 bits per heavy atom. The first-order valence-corrected chi connectivity index (χ1v) is 15.9. The van der Waals surface area contributed by atoms with Crippen molar-refractivity contribution in [3.05, 3.63) is 35.5 Å². The van der Waals surface area contributed by atoms with Gasteiger partial charge in [0.1, 0.15) is 5.82 Å². The fourth-order valence-electron chi connectivity index (χ4n) is 11.6. The van der Waals surface area contributed by atoms with E-state index in [2.05, 4.69) is 58.8 Å². The van der Waals surface area contributed by atoms with Gasteiger partial charge in [-0.25, -0.2) is 4.98 Å². The lowest BCUT2D eigenvalue weighted by molar-refractivity contribution is -0.228. The number of nitrogens with one attached hydrogen (secondary N) is 1. The summed E-state index contributed by atoms with van der Waals surface area (Å²) in [6, 6.07) is 5.57. The molecule has 8 atom stereocenters. The molecule has 6 rings (SSSR count). The molecule has 0 spiro atoms. The standard InChI is InChI=1S/C35H50N2O3/c1-21(2)28-23(38)20-35(30(40)37-27-10-8-9-19-36-27)18-17-33(6)22(29(28)35)11-12-25-32(5)15-14-26(39)31(3,4)24(32)13-16-34(25,33)7/h8-10,19,21-22,24-26,39H,11-18,20H2,1-7H3,(H,36,37,40)/t22?,24?,25?,26-,32-,33+,34+,35+/m0/s1. The van der Waals surface area contributed by atoms with Gasteiger partial charge in [0.05, 0.1) is 11.5 Å². The number of rotatable bonds is 3. The van der Waals surface area contributed by atoms with Gasteiger partial charge in [0, 0.05) is 12.6 Å². The zero-order valence-corrected chi connectivity index (χ0v) is 25.8. The number of pyridine rings is 1. The van der Waals surface area contributed by atoms with Gasteiger partial charge in [0.25, 0.3) is 0 Å². The molecular formula is C35H50N2O3. The Labute approximate surface area is 241 Å². The maximum Gasteiger partial charge on any atom is 0.236 e. The number of aromatic nitrogens is 1. The molecule has 5 nitrogen and oxygen atoms in total. The Kier molecular flexibility index (Phi) is 6.32. The second-order valence-electron chi connectivity index (χ2n) is 15.8. The third kappa shape index (κ3) is 3.51. The summed E-state index contributed by atoms with van der Waals surface area (Å²) in [5, 5.41) is 14.1. The highest BCUT2D eigenvalue weighted by Gasteiger charge is 2.70. The number of carbonyl (C=O) groups is 2. The predicted molar refractivity (Wildman–Crippen MR) is 158 cm³/mol. The van der Waals surface area contributed by atoms with E-state index in [9.17, 15) is 14.7 Å². The number of allylic oxidation sites excluding steroid dienone is 1. The summed E-state index contributed by atoms with van der Waals surface area (Å²) in [5.41, 5.74) is 1.65. The van der Waals surface area contributed by atoms with E-state index < -0.39 is 5.41 Å². The van der Waals surface area contributed by atoms with Crippen molar-refractivity contribution in [1.82, 2.24) is 4.98 Å². The number of nitrogens with zero attached hydrogens (tertiary/aromatic N) is 1. The maximum absolute atomic E-state index is 14.2. The van der Waals surface area contributed by atoms with Crippen LogP contribution in [0.25, 0.3) is 0 Å². The molecule has 1 heterocycles. The number of amides is 1. The Balaban J connectivity index is 1.42. The number of fused-ring (bicyclic) bond motifs is 7. The lowest BCUT2D eigenvalue weighted by Gasteiger charge is -2.72. The first-order valence-electron chi connectivity index (χ1n) is 15.9. The first-order chi connectivity index (χ1) is 18.7. The summed E-state index contributed by atoms with van der Waals surface area (Å²) in [7, 11) is 0. The number of carbonyl (C=O) groups excluding carboxylic acids is 2. The summed E-state index contributed by atoms with van der Waals surface area (Å²) in [4.78, 5) is 32.3. The smallest absolute Gasteiger partial charge is 0.236 e. The molecule has 0 bridgehead atoms. The monoisotopic (exact) mass is 546 g/mol. The molecule has 3 unspecified atom stereocenters. The molecule has 4 fully saturated rings. The Hall–Kier alpha value is -2.01. The van der Waals surface area contributed by atoms with E-state index in [0.29, 0.717) is 24.1 Å². The average Bonchev–Trinajstić information content (AvgIpc) is 3.21. The van der Waals surface area contributed by atoms with Crippen molar-refractivity contribution in [1.29, 1.82) is 0 Å². The highest BCUT2D eigenvalue weighted by Crippen LogP contribution is 2.76. The lowest BCUT2D eigenvalue weighted by atomic mass is 9.33. The molecule has 5 heteroatoms. The fraction of sp³-hybridized carbons (Fsp3) is 0.743. The van der Waals surface area contributed by atoms with Gasteiger partial charge < -0.3 is 10.4 Å². The molecule has 0 saturated heterocycles. The van der Waals surface area contributed by atoms with E-state index in [-0.39, 0.29) is 51.3 Å². The van der Waals surface area contributed by atoms with E-state index in [1.165, 1.54) is 5.57 Å². The molecular weight excluding hydrogens is 496 g/mol. The van der Waals surface area contributed by atoms with Crippen LogP contribution in [0.2, 0.25) is 0 Å². The Morgan fingerprint density at radius 2 is 1.70 bits per heavy atom. The predicted octanol–water partition coefficient (Wildman–Crippen LogP) is 7.36. The van der Waals surface area contributed by atoms with Crippen LogP contribution in [0.3, 0.4) is 0 Å². The van der Waals surface area contributed by atoms with Crippen LogP contribution < -0.4 is 5.32 Å². The average molecular weight is 547 g/mol. The number of Topliss-reactive ketones (excluding diaryl/α,β-unsaturated/α-hetero) is 1. The van der Waals surface area contributed by atoms with Gasteiger partial charge in [-0.2, -0.15) is 0 Å². The molecule has 1 aromatic heterocycles. The zero-order chi connectivity index (χ0) is 28.9. The van der Waals surface area contributed by atoms with Crippen molar-refractivity contribution in [3.8, 4) is 0 Å². The minimum absolute atomic E-state index is 0.0268. The van der Waals surface area contributed by atoms with Crippen molar-refractivity contribution in [2.45, 2.75) is 112 Å². The fourth-order valence-corrected chi connectivity index (χ4v) is 11.6. The third-order valence-corrected chi connectivity index (χ3v) is 13.8. The maximum atomic E-state index is 14.2. The highest BCUT2D eigenvalue weighted by atomic mass is 16.3. The van der Waals surface area contributed by atoms with Crippen molar-refractivity contribution in [2.75, 3.05) is 5.32 Å². The van der Waals surface area contributed by atoms with Crippen LogP contribution in [0, 0.1) is 50.7 Å². The molecule has 0 aliphatic heterocycles. The topological polar surface area (TPSA) is 79.3 Å². The van der Waals surface area contributed by atoms with Crippen LogP contribution in [0.15, 0.2) is 35.5 Å². The molecule has 40 heavy (non-hydrogen) atoms. The molecule has 4 saturated carbocycles. The molecule has 5 aliphatic rings. The highest BCUT2D eigenvalue weighted by molar-refractivity contribution is 6.09. The number of ketones is 1. The van der Waals surface area contributed by atoms with Gasteiger partial charge in [-0.3, -0.25) is 9.59 Å². The summed E-state index contributed by atoms with van der Waals surface area (Å²) in [6.07, 6.45) is 9.94. The summed E-state index contributed by atoms with van der Waals surface area (Å²) in [5.74, 6) is 2.14. The van der Waals surface area contributed by atoms with E-state index in [4.69, 9.17) is 0 Å². The molecule has 1 aromatic rings. The van der Waals surface area contributed by atoms with Gasteiger partial charge in [0.15, 0.2) is 5.78 Å². The van der Waals surface area contributed by atoms with Crippen molar-refractivity contribution in [2.24, 2.45) is 50.7 Å². The number of hydrogen-bond acceptors (Lipinski definition) is 4. The van der Waals surface area contributed by atoms with Crippen molar-refractivity contribution < 1.29 is 14.7 Å². The van der Waals surface area contributed by atoms with Gasteiger partial charge in [0.2, 0.25) is 5.91 Å². The number of aliphatic hydroxyl groups excluding tert-OH is 1. The Morgan fingerprint density at radius 3 is 2.38 bits per heavy atom. The summed E-state index contributed by atoms with van der Waals surface area (Å²) < 4.78 is 0. The van der Waals surface area contributed by atoms with Crippen molar-refractivity contribution >= 4 is 17.5 Å². The molecule has 1 amide bonds. The van der Waals surface area contributed by atoms with Crippen LogP contribution in [0.4, 0.5) is 5.82 Å². The van der Waals surface area contributed by atoms with Crippen LogP contribution in [0.1, 0.15) is 106 Å². The zero-order valence-electron chi connectivity index (χ0n) is 25.8. The number of hydrogen-bond donors (Lipinski definition) is 2. The van der Waals surface area contributed by atoms with Gasteiger partial charge in [-0.05, 0) is 120 Å². The lowest BCUT2D eigenvalue weighted by Crippen LogP contribution is -2.66. The van der Waals surface area contributed by atoms with E-state index in [1.54, 1.807) is 6.20 Å². The van der Waals surface area contributed by atoms with Gasteiger partial charge >= 0.3 is 0 Å². The molecule has 2 N–H and O–H groups in total. The van der Waals surface area contributed by atoms with E-state index in [0.717, 1.165) is 56.9 Å². The van der Waals surface area contributed by atoms with E-state index >= 15 is 0 Å². The normalized spacial score (nSPS) is 44.0. The molecule has 0 radical (unpaired) electrons. The summed E-state index contributed by atoms with van der Waals surface area (Å²) in [6.45, 7) is 16.5. The quantitative estimate of drug-likeness (QED) is 0.415. The summed E-state index contributed by atoms with van der Waals surface area (Å²) >= 11 is 0. The van der Waals surface area contributed by atoms with Crippen molar-refractivity contribution in [3.63, 3.8) is 0 Å². The number of aliphatic hydroxyl groups is 1. The second kappa shape index (κ2) is 8.99. The van der Waals surface area contributed by atoms with Gasteiger partial charge in [-0.1, -0.05) is 54.5 Å². The Bertz CT molecular complexity index is 1250. The van der Waals surface area contributed by atoms with Crippen LogP contribution in [-0.4, -0.2) is 27.9 Å². The van der Waals surface area contributed by atoms with Crippen LogP contribution in [0.5, 0.6) is 0 Å². The van der Waals surface area contributed by atoms with Gasteiger partial charge in [-0.15, -0.1) is 0 Å². The third-order valence-electron chi connectivity index (χ3n) is 13.8. The molecule has 5 aliphatic carbocycles. The van der Waals surface area contributed by atoms with E-state index in [1.807, 2.05) is 18.2 Å². The minimum atomic E-state index is -0.764. The van der Waals surface area contributed by atoms with Crippen LogP contribution in [-0.2, 0) is 9.59 Å². The number of anilines is 1. The minimum Gasteiger partial charge on any atom is -0.393 e. The molecule has 0 aromatic carbocycles.